The third-order valence-electron chi connectivity index (χ3n) is 1.77. The average molecular weight is 240 g/mol. The van der Waals surface area contributed by atoms with E-state index in [0.29, 0.717) is 6.42 Å². The Labute approximate surface area is 85.9 Å². The lowest BCUT2D eigenvalue weighted by molar-refractivity contribution is 0.220. The van der Waals surface area contributed by atoms with E-state index in [-0.39, 0.29) is 0 Å². The van der Waals surface area contributed by atoms with Crippen LogP contribution in [0.25, 0.3) is 0 Å². The van der Waals surface area contributed by atoms with Crippen molar-refractivity contribution in [2.45, 2.75) is 18.9 Å². The molecule has 1 atom stereocenters. The molecule has 0 fully saturated rings. The van der Waals surface area contributed by atoms with Crippen LogP contribution in [-0.4, -0.2) is 11.2 Å². The fraction of sp³-hybridized carbons (Fsp3) is 0.300. The fourth-order valence-electron chi connectivity index (χ4n) is 1.02. The first-order chi connectivity index (χ1) is 6.22. The van der Waals surface area contributed by atoms with Gasteiger partial charge in [0.1, 0.15) is 6.10 Å². The maximum absolute atomic E-state index is 9.00. The summed E-state index contributed by atoms with van der Waals surface area (Å²) in [7, 11) is 0. The molecule has 0 bridgehead atoms. The Morgan fingerprint density at radius 2 is 2.00 bits per heavy atom. The molecular formula is C10H10BrNO. The van der Waals surface area contributed by atoms with Crippen LogP contribution in [-0.2, 0) is 6.42 Å². The van der Waals surface area contributed by atoms with Gasteiger partial charge in [-0.3, -0.25) is 0 Å². The molecule has 0 amide bonds. The van der Waals surface area contributed by atoms with Gasteiger partial charge in [-0.25, -0.2) is 0 Å². The minimum Gasteiger partial charge on any atom is -0.378 e. The molecule has 0 aliphatic heterocycles. The van der Waals surface area contributed by atoms with Crippen molar-refractivity contribution in [2.75, 3.05) is 0 Å². The molecular weight excluding hydrogens is 230 g/mol. The molecule has 68 valence electrons. The number of aliphatic hydroxyl groups is 1. The van der Waals surface area contributed by atoms with Crippen LogP contribution in [0.15, 0.2) is 28.7 Å². The highest BCUT2D eigenvalue weighted by Gasteiger charge is 2.01. The Bertz CT molecular complexity index is 302. The molecule has 1 aromatic carbocycles. The Hall–Kier alpha value is -0.850. The number of halogens is 1. The molecule has 13 heavy (non-hydrogen) atoms. The second kappa shape index (κ2) is 5.00. The van der Waals surface area contributed by atoms with Gasteiger partial charge in [0, 0.05) is 4.47 Å². The van der Waals surface area contributed by atoms with Crippen molar-refractivity contribution in [2.24, 2.45) is 0 Å². The van der Waals surface area contributed by atoms with E-state index in [9.17, 15) is 0 Å². The molecule has 2 nitrogen and oxygen atoms in total. The van der Waals surface area contributed by atoms with Gasteiger partial charge < -0.3 is 5.11 Å². The smallest absolute Gasteiger partial charge is 0.140 e. The highest BCUT2D eigenvalue weighted by atomic mass is 79.9. The summed E-state index contributed by atoms with van der Waals surface area (Å²) in [6, 6.07) is 9.66. The predicted octanol–water partition coefficient (Wildman–Crippen LogP) is 2.27. The SMILES string of the molecule is N#C[C@@H](O)CCc1ccc(Br)cc1. The Morgan fingerprint density at radius 1 is 1.38 bits per heavy atom. The number of nitrogens with zero attached hydrogens (tertiary/aromatic N) is 1. The van der Waals surface area contributed by atoms with Gasteiger partial charge in [0.15, 0.2) is 0 Å². The second-order valence-corrected chi connectivity index (χ2v) is 3.73. The van der Waals surface area contributed by atoms with E-state index in [1.807, 2.05) is 24.3 Å². The van der Waals surface area contributed by atoms with E-state index in [1.165, 1.54) is 0 Å². The zero-order chi connectivity index (χ0) is 9.68. The summed E-state index contributed by atoms with van der Waals surface area (Å²) in [5.74, 6) is 0. The minimum atomic E-state index is -0.844. The van der Waals surface area contributed by atoms with Gasteiger partial charge in [-0.15, -0.1) is 0 Å². The van der Waals surface area contributed by atoms with Gasteiger partial charge in [-0.2, -0.15) is 5.26 Å². The minimum absolute atomic E-state index is 0.498. The van der Waals surface area contributed by atoms with Gasteiger partial charge in [0.05, 0.1) is 6.07 Å². The van der Waals surface area contributed by atoms with Crippen molar-refractivity contribution in [3.63, 3.8) is 0 Å². The lowest BCUT2D eigenvalue weighted by Gasteiger charge is -2.01. The summed E-state index contributed by atoms with van der Waals surface area (Å²) >= 11 is 3.34. The van der Waals surface area contributed by atoms with E-state index >= 15 is 0 Å². The van der Waals surface area contributed by atoms with E-state index in [4.69, 9.17) is 10.4 Å². The third-order valence-corrected chi connectivity index (χ3v) is 2.30. The third kappa shape index (κ3) is 3.58. The molecule has 0 aromatic heterocycles. The molecule has 1 aromatic rings. The van der Waals surface area contributed by atoms with Crippen molar-refractivity contribution in [3.8, 4) is 6.07 Å². The number of nitriles is 1. The summed E-state index contributed by atoms with van der Waals surface area (Å²) < 4.78 is 1.04. The van der Waals surface area contributed by atoms with Crippen molar-refractivity contribution < 1.29 is 5.11 Å². The Kier molecular flexibility index (Phi) is 3.94. The van der Waals surface area contributed by atoms with Gasteiger partial charge in [-0.1, -0.05) is 28.1 Å². The van der Waals surface area contributed by atoms with Crippen molar-refractivity contribution >= 4 is 15.9 Å². The fourth-order valence-corrected chi connectivity index (χ4v) is 1.28. The van der Waals surface area contributed by atoms with Crippen LogP contribution in [0.1, 0.15) is 12.0 Å². The van der Waals surface area contributed by atoms with Crippen LogP contribution in [0.5, 0.6) is 0 Å². The number of hydrogen-bond acceptors (Lipinski definition) is 2. The lowest BCUT2D eigenvalue weighted by atomic mass is 10.1. The monoisotopic (exact) mass is 239 g/mol. The largest absolute Gasteiger partial charge is 0.378 e. The molecule has 0 aliphatic carbocycles. The Balaban J connectivity index is 2.47. The van der Waals surface area contributed by atoms with E-state index < -0.39 is 6.10 Å². The zero-order valence-corrected chi connectivity index (χ0v) is 8.66. The first-order valence-corrected chi connectivity index (χ1v) is 4.84. The topological polar surface area (TPSA) is 44.0 Å². The van der Waals surface area contributed by atoms with Crippen LogP contribution >= 0.6 is 15.9 Å². The summed E-state index contributed by atoms with van der Waals surface area (Å²) in [5, 5.41) is 17.4. The molecule has 0 aliphatic rings. The standard InChI is InChI=1S/C10H10BrNO/c11-9-4-1-8(2-5-9)3-6-10(13)7-12/h1-2,4-5,10,13H,3,6H2/t10-/m0/s1. The van der Waals surface area contributed by atoms with E-state index in [0.717, 1.165) is 16.5 Å². The molecule has 1 N–H and O–H groups in total. The maximum atomic E-state index is 9.00. The van der Waals surface area contributed by atoms with Crippen LogP contribution in [0.2, 0.25) is 0 Å². The van der Waals surface area contributed by atoms with E-state index in [2.05, 4.69) is 15.9 Å². The van der Waals surface area contributed by atoms with E-state index in [1.54, 1.807) is 6.07 Å². The van der Waals surface area contributed by atoms with Crippen LogP contribution in [0.4, 0.5) is 0 Å². The molecule has 0 unspecified atom stereocenters. The number of aliphatic hydroxyl groups excluding tert-OH is 1. The van der Waals surface area contributed by atoms with Crippen molar-refractivity contribution in [3.05, 3.63) is 34.3 Å². The quantitative estimate of drug-likeness (QED) is 0.823. The summed E-state index contributed by atoms with van der Waals surface area (Å²) in [6.45, 7) is 0. The van der Waals surface area contributed by atoms with Gasteiger partial charge >= 0.3 is 0 Å². The van der Waals surface area contributed by atoms with Gasteiger partial charge in [0.2, 0.25) is 0 Å². The molecule has 0 spiro atoms. The zero-order valence-electron chi connectivity index (χ0n) is 7.07. The first kappa shape index (κ1) is 10.2. The highest BCUT2D eigenvalue weighted by Crippen LogP contribution is 2.12. The lowest BCUT2D eigenvalue weighted by Crippen LogP contribution is -2.03. The number of aryl methyl sites for hydroxylation is 1. The molecule has 1 rings (SSSR count). The molecule has 0 saturated heterocycles. The van der Waals surface area contributed by atoms with Crippen LogP contribution in [0, 0.1) is 11.3 Å². The normalized spacial score (nSPS) is 12.1. The molecule has 0 heterocycles. The van der Waals surface area contributed by atoms with Crippen LogP contribution in [0.3, 0.4) is 0 Å². The van der Waals surface area contributed by atoms with Gasteiger partial charge in [0.25, 0.3) is 0 Å². The predicted molar refractivity (Wildman–Crippen MR) is 54.1 cm³/mol. The van der Waals surface area contributed by atoms with Gasteiger partial charge in [-0.05, 0) is 30.5 Å². The number of rotatable bonds is 3. The average Bonchev–Trinajstić information content (AvgIpc) is 2.16. The molecule has 3 heteroatoms. The van der Waals surface area contributed by atoms with Crippen LogP contribution < -0.4 is 0 Å². The summed E-state index contributed by atoms with van der Waals surface area (Å²) in [4.78, 5) is 0. The van der Waals surface area contributed by atoms with Crippen molar-refractivity contribution in [1.82, 2.24) is 0 Å². The number of hydrogen-bond donors (Lipinski definition) is 1. The maximum Gasteiger partial charge on any atom is 0.140 e. The molecule has 0 radical (unpaired) electrons. The highest BCUT2D eigenvalue weighted by molar-refractivity contribution is 9.10. The Morgan fingerprint density at radius 3 is 2.54 bits per heavy atom. The first-order valence-electron chi connectivity index (χ1n) is 4.04. The summed E-state index contributed by atoms with van der Waals surface area (Å²) in [5.41, 5.74) is 1.14. The van der Waals surface area contributed by atoms with Crippen molar-refractivity contribution in [1.29, 1.82) is 5.26 Å². The molecule has 0 saturated carbocycles. The second-order valence-electron chi connectivity index (χ2n) is 2.81. The number of benzene rings is 1. The summed E-state index contributed by atoms with van der Waals surface area (Å²) in [6.07, 6.45) is 0.392.